The van der Waals surface area contributed by atoms with Crippen molar-refractivity contribution in [2.75, 3.05) is 52.9 Å². The minimum atomic E-state index is 0.231. The van der Waals surface area contributed by atoms with E-state index in [2.05, 4.69) is 9.80 Å². The fourth-order valence-corrected chi connectivity index (χ4v) is 2.96. The minimum Gasteiger partial charge on any atom is -0.345 e. The molecule has 2 aliphatic rings. The molecule has 5 heteroatoms. The van der Waals surface area contributed by atoms with Gasteiger partial charge in [0.05, 0.1) is 6.54 Å². The van der Waals surface area contributed by atoms with Gasteiger partial charge < -0.3 is 10.6 Å². The summed E-state index contributed by atoms with van der Waals surface area (Å²) < 4.78 is 0. The number of carbonyl (C=O) groups is 1. The van der Waals surface area contributed by atoms with Gasteiger partial charge in [0.1, 0.15) is 0 Å². The number of hydrogen-bond acceptors (Lipinski definition) is 4. The normalized spacial score (nSPS) is 25.1. The summed E-state index contributed by atoms with van der Waals surface area (Å²) in [5.74, 6) is 0.231. The Kier molecular flexibility index (Phi) is 4.97. The van der Waals surface area contributed by atoms with Crippen LogP contribution in [-0.2, 0) is 4.79 Å². The maximum absolute atomic E-state index is 12.0. The molecule has 0 aliphatic carbocycles. The van der Waals surface area contributed by atoms with Crippen LogP contribution in [0.1, 0.15) is 19.3 Å². The van der Waals surface area contributed by atoms with Crippen molar-refractivity contribution in [2.24, 2.45) is 5.73 Å². The predicted octanol–water partition coefficient (Wildman–Crippen LogP) is -0.426. The molecule has 0 aromatic heterocycles. The van der Waals surface area contributed by atoms with Gasteiger partial charge in [-0.3, -0.25) is 14.6 Å². The van der Waals surface area contributed by atoms with Crippen LogP contribution in [0.4, 0.5) is 0 Å². The molecule has 0 aromatic rings. The maximum Gasteiger partial charge on any atom is 0.236 e. The van der Waals surface area contributed by atoms with Crippen LogP contribution in [0.3, 0.4) is 0 Å². The third-order valence-corrected chi connectivity index (χ3v) is 4.15. The van der Waals surface area contributed by atoms with E-state index in [4.69, 9.17) is 5.73 Å². The van der Waals surface area contributed by atoms with Gasteiger partial charge in [-0.2, -0.15) is 0 Å². The Morgan fingerprint density at radius 2 is 2.22 bits per heavy atom. The van der Waals surface area contributed by atoms with E-state index in [1.54, 1.807) is 0 Å². The van der Waals surface area contributed by atoms with Gasteiger partial charge in [-0.05, 0) is 32.4 Å². The first-order valence-electron chi connectivity index (χ1n) is 7.11. The van der Waals surface area contributed by atoms with Gasteiger partial charge in [0.25, 0.3) is 0 Å². The molecule has 0 saturated carbocycles. The second-order valence-corrected chi connectivity index (χ2v) is 5.52. The summed E-state index contributed by atoms with van der Waals surface area (Å²) in [7, 11) is 1.88. The zero-order valence-electron chi connectivity index (χ0n) is 11.5. The van der Waals surface area contributed by atoms with Gasteiger partial charge in [0.15, 0.2) is 0 Å². The lowest BCUT2D eigenvalue weighted by molar-refractivity contribution is -0.131. The molecule has 0 radical (unpaired) electrons. The molecule has 0 spiro atoms. The molecule has 2 aliphatic heterocycles. The van der Waals surface area contributed by atoms with Gasteiger partial charge in [-0.25, -0.2) is 0 Å². The van der Waals surface area contributed by atoms with Crippen molar-refractivity contribution in [3.05, 3.63) is 0 Å². The van der Waals surface area contributed by atoms with E-state index in [9.17, 15) is 4.79 Å². The average Bonchev–Trinajstić information content (AvgIpc) is 2.83. The van der Waals surface area contributed by atoms with Gasteiger partial charge >= 0.3 is 0 Å². The predicted molar refractivity (Wildman–Crippen MR) is 72.3 cm³/mol. The number of rotatable bonds is 5. The van der Waals surface area contributed by atoms with E-state index >= 15 is 0 Å². The lowest BCUT2D eigenvalue weighted by atomic mass is 10.1. The van der Waals surface area contributed by atoms with Crippen LogP contribution >= 0.6 is 0 Å². The summed E-state index contributed by atoms with van der Waals surface area (Å²) in [6, 6.07) is 0.695. The standard InChI is InChI=1S/C13H26N4O/c1-15(6-3-5-14)13(18)11-16-8-9-17-7-2-4-12(17)10-16/h12H,2-11,14H2,1H3. The number of hydrogen-bond donors (Lipinski definition) is 1. The summed E-state index contributed by atoms with van der Waals surface area (Å²) >= 11 is 0. The van der Waals surface area contributed by atoms with Crippen LogP contribution in [0.2, 0.25) is 0 Å². The van der Waals surface area contributed by atoms with E-state index in [1.165, 1.54) is 19.4 Å². The SMILES string of the molecule is CN(CCCN)C(=O)CN1CCN2CCCC2C1. The molecule has 18 heavy (non-hydrogen) atoms. The Balaban J connectivity index is 1.74. The van der Waals surface area contributed by atoms with Crippen molar-refractivity contribution in [3.63, 3.8) is 0 Å². The van der Waals surface area contributed by atoms with Crippen molar-refractivity contribution in [2.45, 2.75) is 25.3 Å². The Hall–Kier alpha value is -0.650. The van der Waals surface area contributed by atoms with Crippen LogP contribution < -0.4 is 5.73 Å². The highest BCUT2D eigenvalue weighted by Gasteiger charge is 2.31. The van der Waals surface area contributed by atoms with E-state index in [-0.39, 0.29) is 5.91 Å². The third kappa shape index (κ3) is 3.43. The Bertz CT molecular complexity index is 284. The van der Waals surface area contributed by atoms with Crippen LogP contribution in [0.15, 0.2) is 0 Å². The van der Waals surface area contributed by atoms with E-state index in [1.807, 2.05) is 11.9 Å². The Morgan fingerprint density at radius 1 is 1.39 bits per heavy atom. The fraction of sp³-hybridized carbons (Fsp3) is 0.923. The van der Waals surface area contributed by atoms with Crippen molar-refractivity contribution in [3.8, 4) is 0 Å². The molecule has 104 valence electrons. The molecule has 1 atom stereocenters. The zero-order valence-corrected chi connectivity index (χ0v) is 11.5. The molecular weight excluding hydrogens is 228 g/mol. The van der Waals surface area contributed by atoms with Crippen molar-refractivity contribution in [1.29, 1.82) is 0 Å². The van der Waals surface area contributed by atoms with E-state index < -0.39 is 0 Å². The first-order chi connectivity index (χ1) is 8.70. The van der Waals surface area contributed by atoms with Gasteiger partial charge in [-0.1, -0.05) is 0 Å². The highest BCUT2D eigenvalue weighted by Crippen LogP contribution is 2.21. The van der Waals surface area contributed by atoms with Crippen LogP contribution in [0.25, 0.3) is 0 Å². The molecule has 0 aromatic carbocycles. The molecule has 2 saturated heterocycles. The quantitative estimate of drug-likeness (QED) is 0.723. The number of nitrogens with zero attached hydrogens (tertiary/aromatic N) is 3. The lowest BCUT2D eigenvalue weighted by Crippen LogP contribution is -2.52. The van der Waals surface area contributed by atoms with E-state index in [0.29, 0.717) is 19.1 Å². The molecule has 1 amide bonds. The summed E-state index contributed by atoms with van der Waals surface area (Å²) in [5, 5.41) is 0. The van der Waals surface area contributed by atoms with Crippen LogP contribution in [0, 0.1) is 0 Å². The number of piperazine rings is 1. The number of nitrogens with two attached hydrogens (primary N) is 1. The molecule has 2 N–H and O–H groups in total. The number of likely N-dealkylation sites (N-methyl/N-ethyl adjacent to an activating group) is 1. The lowest BCUT2D eigenvalue weighted by Gasteiger charge is -2.37. The topological polar surface area (TPSA) is 52.8 Å². The van der Waals surface area contributed by atoms with Crippen molar-refractivity contribution >= 4 is 5.91 Å². The first kappa shape index (κ1) is 13.8. The summed E-state index contributed by atoms with van der Waals surface area (Å²) in [4.78, 5) is 18.7. The summed E-state index contributed by atoms with van der Waals surface area (Å²) in [5.41, 5.74) is 5.47. The number of carbonyl (C=O) groups excluding carboxylic acids is 1. The summed E-state index contributed by atoms with van der Waals surface area (Å²) in [6.45, 7) is 6.49. The second-order valence-electron chi connectivity index (χ2n) is 5.52. The minimum absolute atomic E-state index is 0.231. The number of fused-ring (bicyclic) bond motifs is 1. The smallest absolute Gasteiger partial charge is 0.236 e. The van der Waals surface area contributed by atoms with Crippen LogP contribution in [-0.4, -0.2) is 79.5 Å². The van der Waals surface area contributed by atoms with Gasteiger partial charge in [-0.15, -0.1) is 0 Å². The first-order valence-corrected chi connectivity index (χ1v) is 7.11. The summed E-state index contributed by atoms with van der Waals surface area (Å²) in [6.07, 6.45) is 3.51. The molecule has 1 unspecified atom stereocenters. The number of amides is 1. The highest BCUT2D eigenvalue weighted by molar-refractivity contribution is 5.78. The molecule has 5 nitrogen and oxygen atoms in total. The fourth-order valence-electron chi connectivity index (χ4n) is 2.96. The monoisotopic (exact) mass is 254 g/mol. The van der Waals surface area contributed by atoms with Crippen LogP contribution in [0.5, 0.6) is 0 Å². The molecule has 2 fully saturated rings. The van der Waals surface area contributed by atoms with Crippen molar-refractivity contribution < 1.29 is 4.79 Å². The Morgan fingerprint density at radius 3 is 3.00 bits per heavy atom. The molecular formula is C13H26N4O. The second kappa shape index (κ2) is 6.50. The average molecular weight is 254 g/mol. The zero-order chi connectivity index (χ0) is 13.0. The highest BCUT2D eigenvalue weighted by atomic mass is 16.2. The van der Waals surface area contributed by atoms with E-state index in [0.717, 1.165) is 32.6 Å². The third-order valence-electron chi connectivity index (χ3n) is 4.15. The maximum atomic E-state index is 12.0. The molecule has 2 rings (SSSR count). The van der Waals surface area contributed by atoms with Gasteiger partial charge in [0.2, 0.25) is 5.91 Å². The van der Waals surface area contributed by atoms with Crippen molar-refractivity contribution in [1.82, 2.24) is 14.7 Å². The molecule has 2 heterocycles. The Labute approximate surface area is 110 Å². The van der Waals surface area contributed by atoms with Gasteiger partial charge in [0, 0.05) is 39.3 Å². The largest absolute Gasteiger partial charge is 0.345 e. The molecule has 0 bridgehead atoms.